The van der Waals surface area contributed by atoms with E-state index in [1.807, 2.05) is 16.9 Å². The first-order valence-electron chi connectivity index (χ1n) is 2.80. The molecule has 2 nitrogen and oxygen atoms in total. The average molecular weight is 118 g/mol. The molecule has 0 bridgehead atoms. The van der Waals surface area contributed by atoms with E-state index in [2.05, 4.69) is 18.9 Å². The van der Waals surface area contributed by atoms with E-state index in [1.165, 1.54) is 0 Å². The molecule has 1 rings (SSSR count). The van der Waals surface area contributed by atoms with E-state index >= 15 is 0 Å². The second-order valence-electron chi connectivity index (χ2n) is 2.08. The molecule has 3 heteroatoms. The van der Waals surface area contributed by atoms with E-state index in [1.54, 1.807) is 6.20 Å². The molecular formula is C6H11LiN2. The van der Waals surface area contributed by atoms with Crippen LogP contribution in [-0.4, -0.2) is 9.78 Å². The molecule has 0 aliphatic rings. The minimum atomic E-state index is 0. The van der Waals surface area contributed by atoms with Gasteiger partial charge in [-0.3, -0.25) is 4.68 Å². The SMILES string of the molecule is CC(C)n1cccn1.[H-].[Li+]. The second kappa shape index (κ2) is 3.76. The van der Waals surface area contributed by atoms with Crippen molar-refractivity contribution in [2.24, 2.45) is 0 Å². The molecule has 0 spiro atoms. The van der Waals surface area contributed by atoms with Crippen LogP contribution in [0.4, 0.5) is 0 Å². The van der Waals surface area contributed by atoms with Crippen LogP contribution in [0.15, 0.2) is 18.5 Å². The van der Waals surface area contributed by atoms with Crippen LogP contribution in [0.25, 0.3) is 0 Å². The molecular weight excluding hydrogens is 107 g/mol. The predicted octanol–water partition coefficient (Wildman–Crippen LogP) is -1.42. The molecule has 0 fully saturated rings. The molecule has 0 aliphatic heterocycles. The van der Waals surface area contributed by atoms with E-state index < -0.39 is 0 Å². The predicted molar refractivity (Wildman–Crippen MR) is 33.7 cm³/mol. The van der Waals surface area contributed by atoms with Crippen LogP contribution in [0.1, 0.15) is 21.3 Å². The summed E-state index contributed by atoms with van der Waals surface area (Å²) >= 11 is 0. The third-order valence-corrected chi connectivity index (χ3v) is 1.05. The molecule has 0 saturated carbocycles. The quantitative estimate of drug-likeness (QED) is 0.414. The Morgan fingerprint density at radius 2 is 2.22 bits per heavy atom. The summed E-state index contributed by atoms with van der Waals surface area (Å²) in [6.07, 6.45) is 3.75. The first-order chi connectivity index (χ1) is 3.80. The largest absolute Gasteiger partial charge is 1.00 e. The number of rotatable bonds is 1. The van der Waals surface area contributed by atoms with Gasteiger partial charge in [-0.25, -0.2) is 0 Å². The van der Waals surface area contributed by atoms with E-state index in [0.29, 0.717) is 6.04 Å². The van der Waals surface area contributed by atoms with Gasteiger partial charge in [0.15, 0.2) is 0 Å². The summed E-state index contributed by atoms with van der Waals surface area (Å²) in [6, 6.07) is 2.42. The molecule has 1 aromatic heterocycles. The third kappa shape index (κ3) is 2.25. The number of hydrogen-bond donors (Lipinski definition) is 0. The molecule has 0 radical (unpaired) electrons. The van der Waals surface area contributed by atoms with Gasteiger partial charge >= 0.3 is 18.9 Å². The van der Waals surface area contributed by atoms with Gasteiger partial charge in [0.05, 0.1) is 0 Å². The van der Waals surface area contributed by atoms with Crippen LogP contribution in [0.2, 0.25) is 0 Å². The fraction of sp³-hybridized carbons (Fsp3) is 0.500. The van der Waals surface area contributed by atoms with Crippen molar-refractivity contribution in [3.63, 3.8) is 0 Å². The van der Waals surface area contributed by atoms with E-state index in [-0.39, 0.29) is 20.3 Å². The Morgan fingerprint density at radius 3 is 2.44 bits per heavy atom. The molecule has 0 aliphatic carbocycles. The van der Waals surface area contributed by atoms with Gasteiger partial charge in [0.1, 0.15) is 0 Å². The minimum Gasteiger partial charge on any atom is -1.00 e. The molecule has 46 valence electrons. The zero-order valence-electron chi connectivity index (χ0n) is 7.20. The molecule has 0 N–H and O–H groups in total. The summed E-state index contributed by atoms with van der Waals surface area (Å²) in [6.45, 7) is 4.21. The Morgan fingerprint density at radius 1 is 1.56 bits per heavy atom. The van der Waals surface area contributed by atoms with Crippen LogP contribution >= 0.6 is 0 Å². The van der Waals surface area contributed by atoms with Gasteiger partial charge in [-0.1, -0.05) is 0 Å². The maximum absolute atomic E-state index is 4.03. The Labute approximate surface area is 68.9 Å². The first-order valence-corrected chi connectivity index (χ1v) is 2.80. The van der Waals surface area contributed by atoms with Gasteiger partial charge in [0.2, 0.25) is 0 Å². The standard InChI is InChI=1S/C6H10N2.Li.H/c1-6(2)8-5-3-4-7-8;;/h3-6H,1-2H3;;/q;+1;-1. The Kier molecular flexibility index (Phi) is 3.68. The van der Waals surface area contributed by atoms with Crippen molar-refractivity contribution in [2.75, 3.05) is 0 Å². The summed E-state index contributed by atoms with van der Waals surface area (Å²) in [4.78, 5) is 0. The van der Waals surface area contributed by atoms with Crippen molar-refractivity contribution < 1.29 is 20.3 Å². The topological polar surface area (TPSA) is 17.8 Å². The molecule has 0 unspecified atom stereocenters. The average Bonchev–Trinajstić information content (AvgIpc) is 2.12. The number of aromatic nitrogens is 2. The van der Waals surface area contributed by atoms with Crippen molar-refractivity contribution in [1.29, 1.82) is 0 Å². The van der Waals surface area contributed by atoms with E-state index in [9.17, 15) is 0 Å². The summed E-state index contributed by atoms with van der Waals surface area (Å²) in [5, 5.41) is 4.03. The summed E-state index contributed by atoms with van der Waals surface area (Å²) in [5.74, 6) is 0. The Balaban J connectivity index is 0. The number of nitrogens with zero attached hydrogens (tertiary/aromatic N) is 2. The molecule has 1 heterocycles. The van der Waals surface area contributed by atoms with Gasteiger partial charge in [-0.05, 0) is 19.9 Å². The maximum Gasteiger partial charge on any atom is 1.00 e. The summed E-state index contributed by atoms with van der Waals surface area (Å²) in [7, 11) is 0. The molecule has 9 heavy (non-hydrogen) atoms. The monoisotopic (exact) mass is 118 g/mol. The Hall–Kier alpha value is -0.193. The van der Waals surface area contributed by atoms with Gasteiger partial charge < -0.3 is 1.43 Å². The van der Waals surface area contributed by atoms with Crippen molar-refractivity contribution in [3.8, 4) is 0 Å². The third-order valence-electron chi connectivity index (χ3n) is 1.05. The summed E-state index contributed by atoms with van der Waals surface area (Å²) < 4.78 is 1.92. The van der Waals surface area contributed by atoms with Crippen LogP contribution in [0.3, 0.4) is 0 Å². The molecule has 0 saturated heterocycles. The van der Waals surface area contributed by atoms with Crippen molar-refractivity contribution >= 4 is 0 Å². The fourth-order valence-corrected chi connectivity index (χ4v) is 0.586. The molecule has 0 aromatic carbocycles. The second-order valence-corrected chi connectivity index (χ2v) is 2.08. The van der Waals surface area contributed by atoms with Crippen molar-refractivity contribution in [1.82, 2.24) is 9.78 Å². The van der Waals surface area contributed by atoms with Crippen LogP contribution in [0, 0.1) is 0 Å². The van der Waals surface area contributed by atoms with Gasteiger partial charge in [0, 0.05) is 18.4 Å². The maximum atomic E-state index is 4.03. The normalized spacial score (nSPS) is 9.22. The van der Waals surface area contributed by atoms with Crippen molar-refractivity contribution in [2.45, 2.75) is 19.9 Å². The summed E-state index contributed by atoms with van der Waals surface area (Å²) in [5.41, 5.74) is 0. The van der Waals surface area contributed by atoms with E-state index in [4.69, 9.17) is 0 Å². The van der Waals surface area contributed by atoms with Gasteiger partial charge in [0.25, 0.3) is 0 Å². The zero-order valence-corrected chi connectivity index (χ0v) is 6.20. The molecule has 0 amide bonds. The smallest absolute Gasteiger partial charge is 1.00 e. The van der Waals surface area contributed by atoms with Crippen LogP contribution in [0.5, 0.6) is 0 Å². The van der Waals surface area contributed by atoms with E-state index in [0.717, 1.165) is 0 Å². The van der Waals surface area contributed by atoms with Crippen LogP contribution in [-0.2, 0) is 0 Å². The minimum absolute atomic E-state index is 0. The van der Waals surface area contributed by atoms with Crippen molar-refractivity contribution in [3.05, 3.63) is 18.5 Å². The fourth-order valence-electron chi connectivity index (χ4n) is 0.586. The number of hydrogen-bond acceptors (Lipinski definition) is 1. The first kappa shape index (κ1) is 8.81. The van der Waals surface area contributed by atoms with Gasteiger partial charge in [-0.15, -0.1) is 0 Å². The van der Waals surface area contributed by atoms with Gasteiger partial charge in [-0.2, -0.15) is 5.10 Å². The molecule has 0 atom stereocenters. The Bertz CT molecular complexity index is 151. The van der Waals surface area contributed by atoms with Crippen LogP contribution < -0.4 is 18.9 Å². The molecule has 1 aromatic rings. The zero-order chi connectivity index (χ0) is 5.98.